The van der Waals surface area contributed by atoms with Gasteiger partial charge in [0.25, 0.3) is 0 Å². The van der Waals surface area contributed by atoms with Gasteiger partial charge < -0.3 is 10.2 Å². The van der Waals surface area contributed by atoms with Gasteiger partial charge in [-0.2, -0.15) is 0 Å². The molecule has 118 valence electrons. The van der Waals surface area contributed by atoms with Crippen LogP contribution in [0.2, 0.25) is 0 Å². The summed E-state index contributed by atoms with van der Waals surface area (Å²) in [5, 5.41) is 20.4. The van der Waals surface area contributed by atoms with Gasteiger partial charge in [-0.1, -0.05) is 13.8 Å². The summed E-state index contributed by atoms with van der Waals surface area (Å²) >= 11 is 0. The summed E-state index contributed by atoms with van der Waals surface area (Å²) in [7, 11) is 0. The predicted molar refractivity (Wildman–Crippen MR) is 83.8 cm³/mol. The summed E-state index contributed by atoms with van der Waals surface area (Å²) in [4.78, 5) is 0. The third kappa shape index (κ3) is 1.81. The molecule has 2 nitrogen and oxygen atoms in total. The van der Waals surface area contributed by atoms with Crippen LogP contribution < -0.4 is 0 Å². The molecule has 0 spiro atoms. The highest BCUT2D eigenvalue weighted by Crippen LogP contribution is 2.65. The molecule has 21 heavy (non-hydrogen) atoms. The van der Waals surface area contributed by atoms with Gasteiger partial charge in [0, 0.05) is 6.42 Å². The highest BCUT2D eigenvalue weighted by Gasteiger charge is 2.59. The molecule has 0 unspecified atom stereocenters. The molecule has 0 aromatic carbocycles. The molecule has 2 N–H and O–H groups in total. The van der Waals surface area contributed by atoms with Gasteiger partial charge >= 0.3 is 0 Å². The Hall–Kier alpha value is -0.500. The van der Waals surface area contributed by atoms with Crippen molar-refractivity contribution >= 4 is 0 Å². The van der Waals surface area contributed by atoms with Crippen molar-refractivity contribution in [3.8, 4) is 0 Å². The first-order valence-electron chi connectivity index (χ1n) is 9.03. The van der Waals surface area contributed by atoms with Crippen molar-refractivity contribution in [3.05, 3.63) is 11.8 Å². The SMILES string of the molecule is C[C@]12CCC(O)=C[C@@H]1CC[C@@H]1[C@@H]2CC[C@]2(C)[C@@H](O)CC[C@@H]12. The molecule has 0 radical (unpaired) electrons. The third-order valence-electron chi connectivity index (χ3n) is 8.21. The smallest absolute Gasteiger partial charge is 0.0886 e. The average Bonchev–Trinajstić information content (AvgIpc) is 2.76. The van der Waals surface area contributed by atoms with Crippen LogP contribution in [-0.2, 0) is 0 Å². The molecule has 0 aromatic rings. The molecule has 0 bridgehead atoms. The lowest BCUT2D eigenvalue weighted by Crippen LogP contribution is -2.52. The number of hydrogen-bond donors (Lipinski definition) is 2. The Morgan fingerprint density at radius 3 is 2.52 bits per heavy atom. The molecule has 0 amide bonds. The molecular weight excluding hydrogens is 260 g/mol. The van der Waals surface area contributed by atoms with E-state index in [4.69, 9.17) is 0 Å². The Labute approximate surface area is 128 Å². The van der Waals surface area contributed by atoms with E-state index in [9.17, 15) is 10.2 Å². The second-order valence-corrected chi connectivity index (χ2v) is 8.86. The largest absolute Gasteiger partial charge is 0.513 e. The van der Waals surface area contributed by atoms with E-state index in [0.29, 0.717) is 17.1 Å². The van der Waals surface area contributed by atoms with Gasteiger partial charge in [0.2, 0.25) is 0 Å². The van der Waals surface area contributed by atoms with E-state index in [0.717, 1.165) is 37.0 Å². The lowest BCUT2D eigenvalue weighted by Gasteiger charge is -2.59. The Balaban J connectivity index is 1.66. The first-order chi connectivity index (χ1) is 9.95. The highest BCUT2D eigenvalue weighted by atomic mass is 16.3. The number of allylic oxidation sites excluding steroid dienone is 2. The van der Waals surface area contributed by atoms with Crippen LogP contribution in [0, 0.1) is 34.5 Å². The van der Waals surface area contributed by atoms with Gasteiger partial charge in [0.05, 0.1) is 11.9 Å². The molecule has 3 fully saturated rings. The second kappa shape index (κ2) is 4.50. The number of aliphatic hydroxyl groups excluding tert-OH is 2. The maximum atomic E-state index is 10.5. The lowest BCUT2D eigenvalue weighted by atomic mass is 9.46. The number of rotatable bonds is 0. The second-order valence-electron chi connectivity index (χ2n) is 8.86. The maximum absolute atomic E-state index is 10.5. The minimum Gasteiger partial charge on any atom is -0.513 e. The predicted octanol–water partition coefficient (Wildman–Crippen LogP) is 4.44. The van der Waals surface area contributed by atoms with Gasteiger partial charge in [0.15, 0.2) is 0 Å². The molecule has 2 heteroatoms. The van der Waals surface area contributed by atoms with Crippen LogP contribution in [0.3, 0.4) is 0 Å². The minimum atomic E-state index is -0.0655. The van der Waals surface area contributed by atoms with E-state index in [1.807, 2.05) is 0 Å². The third-order valence-corrected chi connectivity index (χ3v) is 8.21. The zero-order chi connectivity index (χ0) is 14.8. The minimum absolute atomic E-state index is 0.0655. The van der Waals surface area contributed by atoms with E-state index < -0.39 is 0 Å². The maximum Gasteiger partial charge on any atom is 0.0886 e. The van der Waals surface area contributed by atoms with Crippen molar-refractivity contribution < 1.29 is 10.2 Å². The van der Waals surface area contributed by atoms with Crippen LogP contribution in [0.25, 0.3) is 0 Å². The first kappa shape index (κ1) is 14.1. The van der Waals surface area contributed by atoms with Crippen LogP contribution in [0.1, 0.15) is 65.2 Å². The highest BCUT2D eigenvalue weighted by molar-refractivity contribution is 5.15. The van der Waals surface area contributed by atoms with E-state index >= 15 is 0 Å². The van der Waals surface area contributed by atoms with Crippen molar-refractivity contribution in [1.82, 2.24) is 0 Å². The molecule has 7 atom stereocenters. The van der Waals surface area contributed by atoms with Crippen molar-refractivity contribution in [1.29, 1.82) is 0 Å². The Morgan fingerprint density at radius 2 is 1.71 bits per heavy atom. The number of hydrogen-bond acceptors (Lipinski definition) is 2. The Morgan fingerprint density at radius 1 is 0.952 bits per heavy atom. The zero-order valence-corrected chi connectivity index (χ0v) is 13.5. The standard InChI is InChI=1S/C19H30O2/c1-18-9-7-13(20)11-12(18)3-4-14-15-5-6-17(21)19(15,2)10-8-16(14)18/h11-12,14-17,20-21H,3-10H2,1-2H3/t12-,14-,15-,16-,17-,18-,19-/m0/s1. The molecule has 4 aliphatic carbocycles. The van der Waals surface area contributed by atoms with E-state index in [1.165, 1.54) is 32.1 Å². The van der Waals surface area contributed by atoms with E-state index in [-0.39, 0.29) is 11.5 Å². The number of fused-ring (bicyclic) bond motifs is 5. The molecule has 0 heterocycles. The quantitative estimate of drug-likeness (QED) is 0.692. The molecule has 0 saturated heterocycles. The molecule has 0 aromatic heterocycles. The molecule has 0 aliphatic heterocycles. The lowest BCUT2D eigenvalue weighted by molar-refractivity contribution is -0.106. The summed E-state index contributed by atoms with van der Waals surface area (Å²) in [6.45, 7) is 4.85. The summed E-state index contributed by atoms with van der Waals surface area (Å²) < 4.78 is 0. The molecule has 3 saturated carbocycles. The topological polar surface area (TPSA) is 40.5 Å². The Bertz CT molecular complexity index is 470. The van der Waals surface area contributed by atoms with Crippen molar-refractivity contribution in [2.45, 2.75) is 71.3 Å². The van der Waals surface area contributed by atoms with Crippen molar-refractivity contribution in [3.63, 3.8) is 0 Å². The summed E-state index contributed by atoms with van der Waals surface area (Å²) in [5.41, 5.74) is 0.584. The van der Waals surface area contributed by atoms with Crippen LogP contribution in [-0.4, -0.2) is 16.3 Å². The summed E-state index contributed by atoms with van der Waals surface area (Å²) in [6, 6.07) is 0. The van der Waals surface area contributed by atoms with Crippen LogP contribution >= 0.6 is 0 Å². The van der Waals surface area contributed by atoms with Crippen LogP contribution in [0.5, 0.6) is 0 Å². The monoisotopic (exact) mass is 290 g/mol. The van der Waals surface area contributed by atoms with Crippen molar-refractivity contribution in [2.24, 2.45) is 34.5 Å². The molecule has 4 aliphatic rings. The number of aliphatic hydroxyl groups is 2. The molecule has 4 rings (SSSR count). The fourth-order valence-corrected chi connectivity index (χ4v) is 6.82. The van der Waals surface area contributed by atoms with Gasteiger partial charge in [0.1, 0.15) is 0 Å². The average molecular weight is 290 g/mol. The fraction of sp³-hybridized carbons (Fsp3) is 0.895. The van der Waals surface area contributed by atoms with Gasteiger partial charge in [-0.25, -0.2) is 0 Å². The van der Waals surface area contributed by atoms with E-state index in [1.54, 1.807) is 0 Å². The molecular formula is C19H30O2. The van der Waals surface area contributed by atoms with Crippen LogP contribution in [0.15, 0.2) is 11.8 Å². The first-order valence-corrected chi connectivity index (χ1v) is 9.03. The van der Waals surface area contributed by atoms with Gasteiger partial charge in [-0.3, -0.25) is 0 Å². The summed E-state index contributed by atoms with van der Waals surface area (Å²) in [5.74, 6) is 3.58. The fourth-order valence-electron chi connectivity index (χ4n) is 6.82. The normalized spacial score (nSPS) is 56.1. The Kier molecular flexibility index (Phi) is 3.03. The van der Waals surface area contributed by atoms with Crippen molar-refractivity contribution in [2.75, 3.05) is 0 Å². The zero-order valence-electron chi connectivity index (χ0n) is 13.5. The van der Waals surface area contributed by atoms with Gasteiger partial charge in [-0.15, -0.1) is 0 Å². The van der Waals surface area contributed by atoms with E-state index in [2.05, 4.69) is 19.9 Å². The van der Waals surface area contributed by atoms with Crippen LogP contribution in [0.4, 0.5) is 0 Å². The van der Waals surface area contributed by atoms with Gasteiger partial charge in [-0.05, 0) is 85.5 Å². The summed E-state index contributed by atoms with van der Waals surface area (Å²) in [6.07, 6.45) is 11.4.